The molecule has 0 atom stereocenters. The number of hydrogen-bond donors (Lipinski definition) is 1. The van der Waals surface area contributed by atoms with Gasteiger partial charge in [-0.25, -0.2) is 0 Å². The first-order valence-electron chi connectivity index (χ1n) is 5.25. The monoisotopic (exact) mass is 261 g/mol. The Morgan fingerprint density at radius 3 is 2.89 bits per heavy atom. The minimum absolute atomic E-state index is 0.0453. The SMILES string of the molecule is CC(=NNc1cccc([N+](=O)[O-])c1)c1cccs1. The zero-order valence-corrected chi connectivity index (χ0v) is 10.5. The van der Waals surface area contributed by atoms with Crippen molar-refractivity contribution < 1.29 is 4.92 Å². The summed E-state index contributed by atoms with van der Waals surface area (Å²) in [5.74, 6) is 0. The fourth-order valence-corrected chi connectivity index (χ4v) is 2.05. The molecular weight excluding hydrogens is 250 g/mol. The molecule has 0 aliphatic carbocycles. The summed E-state index contributed by atoms with van der Waals surface area (Å²) < 4.78 is 0. The van der Waals surface area contributed by atoms with Crippen molar-refractivity contribution in [3.8, 4) is 0 Å². The summed E-state index contributed by atoms with van der Waals surface area (Å²) >= 11 is 1.60. The molecule has 1 N–H and O–H groups in total. The van der Waals surface area contributed by atoms with Gasteiger partial charge in [0.25, 0.3) is 5.69 Å². The molecule has 18 heavy (non-hydrogen) atoms. The third kappa shape index (κ3) is 2.92. The molecule has 1 aromatic heterocycles. The molecule has 2 aromatic rings. The van der Waals surface area contributed by atoms with Crippen LogP contribution in [0.25, 0.3) is 0 Å². The molecule has 0 spiro atoms. The van der Waals surface area contributed by atoms with E-state index in [2.05, 4.69) is 10.5 Å². The second kappa shape index (κ2) is 5.42. The van der Waals surface area contributed by atoms with Crippen molar-refractivity contribution >= 4 is 28.4 Å². The number of nitro groups is 1. The number of nitrogens with one attached hydrogen (secondary N) is 1. The number of nitro benzene ring substituents is 1. The number of thiophene rings is 1. The van der Waals surface area contributed by atoms with Crippen LogP contribution in [-0.2, 0) is 0 Å². The number of hydrogen-bond acceptors (Lipinski definition) is 5. The number of rotatable bonds is 4. The van der Waals surface area contributed by atoms with Crippen LogP contribution in [0.2, 0.25) is 0 Å². The van der Waals surface area contributed by atoms with E-state index in [1.165, 1.54) is 12.1 Å². The highest BCUT2D eigenvalue weighted by molar-refractivity contribution is 7.12. The zero-order valence-electron chi connectivity index (χ0n) is 9.66. The summed E-state index contributed by atoms with van der Waals surface area (Å²) in [6.45, 7) is 1.89. The maximum Gasteiger partial charge on any atom is 0.271 e. The van der Waals surface area contributed by atoms with Crippen LogP contribution in [-0.4, -0.2) is 10.6 Å². The highest BCUT2D eigenvalue weighted by Gasteiger charge is 2.05. The van der Waals surface area contributed by atoms with Gasteiger partial charge in [-0.1, -0.05) is 12.1 Å². The van der Waals surface area contributed by atoms with Crippen LogP contribution in [0.4, 0.5) is 11.4 Å². The van der Waals surface area contributed by atoms with Crippen LogP contribution in [0.1, 0.15) is 11.8 Å². The van der Waals surface area contributed by atoms with Crippen molar-refractivity contribution in [3.05, 3.63) is 56.8 Å². The molecule has 5 nitrogen and oxygen atoms in total. The molecular formula is C12H11N3O2S. The molecule has 0 saturated heterocycles. The number of hydrazone groups is 1. The lowest BCUT2D eigenvalue weighted by molar-refractivity contribution is -0.384. The standard InChI is InChI=1S/C12H11N3O2S/c1-9(12-6-3-7-18-12)13-14-10-4-2-5-11(8-10)15(16)17/h2-8,14H,1H3. The van der Waals surface area contributed by atoms with Crippen molar-refractivity contribution in [1.29, 1.82) is 0 Å². The van der Waals surface area contributed by atoms with E-state index >= 15 is 0 Å². The third-order valence-corrected chi connectivity index (χ3v) is 3.27. The summed E-state index contributed by atoms with van der Waals surface area (Å²) in [7, 11) is 0. The van der Waals surface area contributed by atoms with Gasteiger partial charge in [-0.2, -0.15) is 5.10 Å². The topological polar surface area (TPSA) is 67.5 Å². The van der Waals surface area contributed by atoms with Gasteiger partial charge < -0.3 is 0 Å². The first-order valence-corrected chi connectivity index (χ1v) is 6.13. The van der Waals surface area contributed by atoms with Gasteiger partial charge in [-0.05, 0) is 24.4 Å². The van der Waals surface area contributed by atoms with E-state index in [1.54, 1.807) is 23.5 Å². The van der Waals surface area contributed by atoms with Crippen LogP contribution in [0.5, 0.6) is 0 Å². The van der Waals surface area contributed by atoms with Gasteiger partial charge in [0.1, 0.15) is 0 Å². The molecule has 1 heterocycles. The molecule has 0 unspecified atom stereocenters. The summed E-state index contributed by atoms with van der Waals surface area (Å²) in [5, 5.41) is 16.8. The normalized spacial score (nSPS) is 11.3. The van der Waals surface area contributed by atoms with E-state index in [0.29, 0.717) is 5.69 Å². The Morgan fingerprint density at radius 1 is 1.39 bits per heavy atom. The first kappa shape index (κ1) is 12.3. The Morgan fingerprint density at radius 2 is 2.22 bits per heavy atom. The van der Waals surface area contributed by atoms with E-state index in [1.807, 2.05) is 24.4 Å². The van der Waals surface area contributed by atoms with Gasteiger partial charge in [0.2, 0.25) is 0 Å². The van der Waals surface area contributed by atoms with Crippen LogP contribution in [0.15, 0.2) is 46.9 Å². The Labute approximate surface area is 108 Å². The first-order chi connectivity index (χ1) is 8.66. The van der Waals surface area contributed by atoms with Gasteiger partial charge >= 0.3 is 0 Å². The van der Waals surface area contributed by atoms with E-state index in [4.69, 9.17) is 0 Å². The summed E-state index contributed by atoms with van der Waals surface area (Å²) in [5.41, 5.74) is 4.30. The second-order valence-corrected chi connectivity index (χ2v) is 4.54. The van der Waals surface area contributed by atoms with Crippen molar-refractivity contribution in [2.75, 3.05) is 5.43 Å². The number of anilines is 1. The lowest BCUT2D eigenvalue weighted by atomic mass is 10.3. The average Bonchev–Trinajstić information content (AvgIpc) is 2.90. The summed E-state index contributed by atoms with van der Waals surface area (Å²) in [6.07, 6.45) is 0. The highest BCUT2D eigenvalue weighted by Crippen LogP contribution is 2.17. The quantitative estimate of drug-likeness (QED) is 0.520. The molecule has 0 fully saturated rings. The molecule has 0 bridgehead atoms. The third-order valence-electron chi connectivity index (χ3n) is 2.29. The lowest BCUT2D eigenvalue weighted by Crippen LogP contribution is -1.97. The lowest BCUT2D eigenvalue weighted by Gasteiger charge is -2.01. The molecule has 0 saturated carbocycles. The van der Waals surface area contributed by atoms with Crippen molar-refractivity contribution in [2.45, 2.75) is 6.92 Å². The van der Waals surface area contributed by atoms with Gasteiger partial charge in [0, 0.05) is 17.0 Å². The predicted octanol–water partition coefficient (Wildman–Crippen LogP) is 3.49. The van der Waals surface area contributed by atoms with E-state index in [0.717, 1.165) is 10.6 Å². The maximum atomic E-state index is 10.6. The zero-order chi connectivity index (χ0) is 13.0. The summed E-state index contributed by atoms with van der Waals surface area (Å²) in [6, 6.07) is 10.2. The van der Waals surface area contributed by atoms with Gasteiger partial charge in [-0.3, -0.25) is 15.5 Å². The van der Waals surface area contributed by atoms with Crippen LogP contribution in [0.3, 0.4) is 0 Å². The fraction of sp³-hybridized carbons (Fsp3) is 0.0833. The molecule has 6 heteroatoms. The molecule has 0 aliphatic rings. The smallest absolute Gasteiger partial charge is 0.271 e. The Hall–Kier alpha value is -2.21. The van der Waals surface area contributed by atoms with Crippen LogP contribution < -0.4 is 5.43 Å². The number of non-ortho nitro benzene ring substituents is 1. The maximum absolute atomic E-state index is 10.6. The molecule has 0 amide bonds. The molecule has 2 rings (SSSR count). The molecule has 0 radical (unpaired) electrons. The highest BCUT2D eigenvalue weighted by atomic mass is 32.1. The van der Waals surface area contributed by atoms with Gasteiger partial charge in [0.15, 0.2) is 0 Å². The van der Waals surface area contributed by atoms with Gasteiger partial charge in [0.05, 0.1) is 16.3 Å². The van der Waals surface area contributed by atoms with Crippen molar-refractivity contribution in [3.63, 3.8) is 0 Å². The molecule has 0 aliphatic heterocycles. The fourth-order valence-electron chi connectivity index (χ4n) is 1.38. The molecule has 92 valence electrons. The van der Waals surface area contributed by atoms with Crippen molar-refractivity contribution in [1.82, 2.24) is 0 Å². The number of benzene rings is 1. The molecule has 1 aromatic carbocycles. The van der Waals surface area contributed by atoms with E-state index in [-0.39, 0.29) is 5.69 Å². The second-order valence-electron chi connectivity index (χ2n) is 3.59. The average molecular weight is 261 g/mol. The van der Waals surface area contributed by atoms with Crippen LogP contribution >= 0.6 is 11.3 Å². The Bertz CT molecular complexity index is 579. The minimum atomic E-state index is -0.430. The largest absolute Gasteiger partial charge is 0.278 e. The summed E-state index contributed by atoms with van der Waals surface area (Å²) in [4.78, 5) is 11.3. The predicted molar refractivity (Wildman–Crippen MR) is 73.2 cm³/mol. The van der Waals surface area contributed by atoms with Gasteiger partial charge in [-0.15, -0.1) is 11.3 Å². The van der Waals surface area contributed by atoms with Crippen molar-refractivity contribution in [2.24, 2.45) is 5.10 Å². The minimum Gasteiger partial charge on any atom is -0.278 e. The Balaban J connectivity index is 2.13. The Kier molecular flexibility index (Phi) is 3.69. The van der Waals surface area contributed by atoms with Crippen LogP contribution in [0, 0.1) is 10.1 Å². The van der Waals surface area contributed by atoms with E-state index < -0.39 is 4.92 Å². The van der Waals surface area contributed by atoms with E-state index in [9.17, 15) is 10.1 Å². The number of nitrogens with zero attached hydrogens (tertiary/aromatic N) is 2.